The van der Waals surface area contributed by atoms with E-state index in [9.17, 15) is 4.39 Å². The molecule has 0 aliphatic carbocycles. The SMILES string of the molecule is Cc1nc(COc2ccc(CNC(C)(C)C)cc2F)no1. The van der Waals surface area contributed by atoms with Gasteiger partial charge in [-0.25, -0.2) is 4.39 Å². The predicted molar refractivity (Wildman–Crippen MR) is 76.4 cm³/mol. The van der Waals surface area contributed by atoms with Crippen LogP contribution in [0.5, 0.6) is 5.75 Å². The summed E-state index contributed by atoms with van der Waals surface area (Å²) in [7, 11) is 0. The summed E-state index contributed by atoms with van der Waals surface area (Å²) >= 11 is 0. The number of benzene rings is 1. The number of hydrogen-bond donors (Lipinski definition) is 1. The maximum atomic E-state index is 14.0. The first-order valence-electron chi connectivity index (χ1n) is 6.79. The fraction of sp³-hybridized carbons (Fsp3) is 0.467. The lowest BCUT2D eigenvalue weighted by molar-refractivity contribution is 0.272. The molecule has 0 unspecified atom stereocenters. The molecular formula is C15H20FN3O2. The summed E-state index contributed by atoms with van der Waals surface area (Å²) in [5, 5.41) is 7.00. The van der Waals surface area contributed by atoms with Crippen LogP contribution in [0, 0.1) is 12.7 Å². The average Bonchev–Trinajstić information content (AvgIpc) is 2.80. The molecule has 0 aliphatic heterocycles. The highest BCUT2D eigenvalue weighted by Crippen LogP contribution is 2.19. The molecule has 0 aliphatic rings. The number of ether oxygens (including phenoxy) is 1. The molecule has 114 valence electrons. The Kier molecular flexibility index (Phi) is 4.57. The van der Waals surface area contributed by atoms with Gasteiger partial charge >= 0.3 is 0 Å². The van der Waals surface area contributed by atoms with Crippen LogP contribution in [-0.2, 0) is 13.2 Å². The van der Waals surface area contributed by atoms with Crippen molar-refractivity contribution >= 4 is 0 Å². The second kappa shape index (κ2) is 6.22. The van der Waals surface area contributed by atoms with E-state index in [4.69, 9.17) is 9.26 Å². The van der Waals surface area contributed by atoms with E-state index in [2.05, 4.69) is 36.2 Å². The van der Waals surface area contributed by atoms with Gasteiger partial charge in [0.1, 0.15) is 0 Å². The van der Waals surface area contributed by atoms with Crippen molar-refractivity contribution in [2.45, 2.75) is 46.4 Å². The predicted octanol–water partition coefficient (Wildman–Crippen LogP) is 2.98. The fourth-order valence-electron chi connectivity index (χ4n) is 1.68. The molecular weight excluding hydrogens is 273 g/mol. The molecule has 1 N–H and O–H groups in total. The van der Waals surface area contributed by atoms with E-state index in [-0.39, 0.29) is 17.9 Å². The molecule has 1 heterocycles. The summed E-state index contributed by atoms with van der Waals surface area (Å²) < 4.78 is 24.1. The van der Waals surface area contributed by atoms with Crippen LogP contribution in [0.2, 0.25) is 0 Å². The Morgan fingerprint density at radius 3 is 2.67 bits per heavy atom. The van der Waals surface area contributed by atoms with Gasteiger partial charge in [-0.1, -0.05) is 11.2 Å². The molecule has 0 saturated heterocycles. The van der Waals surface area contributed by atoms with Crippen molar-refractivity contribution < 1.29 is 13.7 Å². The number of rotatable bonds is 5. The van der Waals surface area contributed by atoms with Crippen LogP contribution < -0.4 is 10.1 Å². The normalized spacial score (nSPS) is 11.7. The Balaban J connectivity index is 1.95. The van der Waals surface area contributed by atoms with Gasteiger partial charge in [0.2, 0.25) is 11.7 Å². The lowest BCUT2D eigenvalue weighted by Crippen LogP contribution is -2.35. The molecule has 0 radical (unpaired) electrons. The quantitative estimate of drug-likeness (QED) is 0.918. The van der Waals surface area contributed by atoms with Gasteiger partial charge in [0, 0.05) is 19.0 Å². The Morgan fingerprint density at radius 2 is 2.10 bits per heavy atom. The highest BCUT2D eigenvalue weighted by Gasteiger charge is 2.11. The second-order valence-corrected chi connectivity index (χ2v) is 5.89. The van der Waals surface area contributed by atoms with E-state index >= 15 is 0 Å². The largest absolute Gasteiger partial charge is 0.482 e. The molecule has 0 atom stereocenters. The lowest BCUT2D eigenvalue weighted by Gasteiger charge is -2.20. The topological polar surface area (TPSA) is 60.2 Å². The van der Waals surface area contributed by atoms with E-state index < -0.39 is 5.82 Å². The van der Waals surface area contributed by atoms with Gasteiger partial charge in [-0.2, -0.15) is 4.98 Å². The van der Waals surface area contributed by atoms with Crippen LogP contribution in [0.1, 0.15) is 38.0 Å². The Labute approximate surface area is 123 Å². The van der Waals surface area contributed by atoms with Crippen molar-refractivity contribution in [1.29, 1.82) is 0 Å². The molecule has 21 heavy (non-hydrogen) atoms. The van der Waals surface area contributed by atoms with Gasteiger partial charge in [0.05, 0.1) is 0 Å². The van der Waals surface area contributed by atoms with Crippen molar-refractivity contribution in [3.63, 3.8) is 0 Å². The van der Waals surface area contributed by atoms with E-state index in [1.807, 2.05) is 6.07 Å². The molecule has 0 amide bonds. The van der Waals surface area contributed by atoms with Gasteiger partial charge in [-0.3, -0.25) is 0 Å². The average molecular weight is 293 g/mol. The van der Waals surface area contributed by atoms with Crippen LogP contribution in [-0.4, -0.2) is 15.7 Å². The molecule has 1 aromatic carbocycles. The van der Waals surface area contributed by atoms with E-state index in [0.29, 0.717) is 18.3 Å². The maximum Gasteiger partial charge on any atom is 0.223 e. The third-order valence-electron chi connectivity index (χ3n) is 2.75. The molecule has 0 saturated carbocycles. The number of halogens is 1. The van der Waals surface area contributed by atoms with E-state index in [1.165, 1.54) is 6.07 Å². The first-order valence-corrected chi connectivity index (χ1v) is 6.79. The van der Waals surface area contributed by atoms with Gasteiger partial charge in [0.15, 0.2) is 18.2 Å². The van der Waals surface area contributed by atoms with Crippen LogP contribution in [0.15, 0.2) is 22.7 Å². The van der Waals surface area contributed by atoms with Crippen molar-refractivity contribution in [1.82, 2.24) is 15.5 Å². The molecule has 5 nitrogen and oxygen atoms in total. The number of hydrogen-bond acceptors (Lipinski definition) is 5. The number of aromatic nitrogens is 2. The Bertz CT molecular complexity index is 605. The standard InChI is InChI=1S/C15H20FN3O2/c1-10-18-14(19-21-10)9-20-13-6-5-11(7-12(13)16)8-17-15(2,3)4/h5-7,17H,8-9H2,1-4H3. The Hall–Kier alpha value is -1.95. The highest BCUT2D eigenvalue weighted by molar-refractivity contribution is 5.29. The zero-order valence-electron chi connectivity index (χ0n) is 12.7. The number of nitrogens with zero attached hydrogens (tertiary/aromatic N) is 2. The van der Waals surface area contributed by atoms with Crippen molar-refractivity contribution in [2.24, 2.45) is 0 Å². The van der Waals surface area contributed by atoms with E-state index in [1.54, 1.807) is 13.0 Å². The smallest absolute Gasteiger partial charge is 0.223 e. The monoisotopic (exact) mass is 293 g/mol. The maximum absolute atomic E-state index is 14.0. The summed E-state index contributed by atoms with van der Waals surface area (Å²) in [4.78, 5) is 3.99. The highest BCUT2D eigenvalue weighted by atomic mass is 19.1. The minimum absolute atomic E-state index is 0.0118. The van der Waals surface area contributed by atoms with Crippen molar-refractivity contribution in [3.8, 4) is 5.75 Å². The number of nitrogens with one attached hydrogen (secondary N) is 1. The molecule has 2 rings (SSSR count). The lowest BCUT2D eigenvalue weighted by atomic mass is 10.1. The van der Waals surface area contributed by atoms with Gasteiger partial charge in [0.25, 0.3) is 0 Å². The zero-order chi connectivity index (χ0) is 15.5. The summed E-state index contributed by atoms with van der Waals surface area (Å²) in [6.45, 7) is 8.56. The van der Waals surface area contributed by atoms with Crippen LogP contribution in [0.25, 0.3) is 0 Å². The zero-order valence-corrected chi connectivity index (χ0v) is 12.7. The molecule has 0 spiro atoms. The van der Waals surface area contributed by atoms with Crippen molar-refractivity contribution in [3.05, 3.63) is 41.3 Å². The molecule has 2 aromatic rings. The Morgan fingerprint density at radius 1 is 1.33 bits per heavy atom. The summed E-state index contributed by atoms with van der Waals surface area (Å²) in [6, 6.07) is 4.91. The molecule has 1 aromatic heterocycles. The first-order chi connectivity index (χ1) is 9.83. The van der Waals surface area contributed by atoms with Crippen LogP contribution in [0.4, 0.5) is 4.39 Å². The summed E-state index contributed by atoms with van der Waals surface area (Å²) in [6.07, 6.45) is 0. The summed E-state index contributed by atoms with van der Waals surface area (Å²) in [5.41, 5.74) is 0.854. The third-order valence-corrected chi connectivity index (χ3v) is 2.75. The third kappa shape index (κ3) is 4.82. The minimum Gasteiger partial charge on any atom is -0.482 e. The van der Waals surface area contributed by atoms with E-state index in [0.717, 1.165) is 5.56 Å². The molecule has 6 heteroatoms. The summed E-state index contributed by atoms with van der Waals surface area (Å²) in [5.74, 6) is 0.628. The molecule has 0 bridgehead atoms. The van der Waals surface area contributed by atoms with Crippen molar-refractivity contribution in [2.75, 3.05) is 0 Å². The van der Waals surface area contributed by atoms with Crippen LogP contribution >= 0.6 is 0 Å². The number of aryl methyl sites for hydroxylation is 1. The fourth-order valence-corrected chi connectivity index (χ4v) is 1.68. The van der Waals surface area contributed by atoms with Gasteiger partial charge in [-0.05, 0) is 38.5 Å². The first kappa shape index (κ1) is 15.4. The second-order valence-electron chi connectivity index (χ2n) is 5.89. The van der Waals surface area contributed by atoms with Gasteiger partial charge < -0.3 is 14.6 Å². The van der Waals surface area contributed by atoms with Gasteiger partial charge in [-0.15, -0.1) is 0 Å². The van der Waals surface area contributed by atoms with Crippen LogP contribution in [0.3, 0.4) is 0 Å². The molecule has 0 fully saturated rings. The minimum atomic E-state index is -0.400.